The van der Waals surface area contributed by atoms with Gasteiger partial charge >= 0.3 is 5.97 Å². The highest BCUT2D eigenvalue weighted by molar-refractivity contribution is 5.83. The third-order valence-electron chi connectivity index (χ3n) is 4.77. The fourth-order valence-electron chi connectivity index (χ4n) is 3.11. The molecule has 0 saturated carbocycles. The van der Waals surface area contributed by atoms with Crippen molar-refractivity contribution in [2.75, 3.05) is 0 Å². The molecular weight excluding hydrogens is 342 g/mol. The average Bonchev–Trinajstić information content (AvgIpc) is 2.64. The predicted octanol–water partition coefficient (Wildman–Crippen LogP) is 4.82. The van der Waals surface area contributed by atoms with Crippen molar-refractivity contribution in [1.82, 2.24) is 5.32 Å². The molecule has 152 valence electrons. The fraction of sp³-hybridized carbons (Fsp3) is 0.636. The molecule has 0 aliphatic heterocycles. The maximum absolute atomic E-state index is 12.0. The van der Waals surface area contributed by atoms with E-state index in [9.17, 15) is 19.8 Å². The van der Waals surface area contributed by atoms with Crippen LogP contribution in [0.5, 0.6) is 5.75 Å². The molecule has 5 heteroatoms. The number of hydrogen-bond donors (Lipinski definition) is 3. The van der Waals surface area contributed by atoms with Crippen LogP contribution in [0.2, 0.25) is 0 Å². The fourth-order valence-corrected chi connectivity index (χ4v) is 3.11. The Morgan fingerprint density at radius 1 is 0.889 bits per heavy atom. The van der Waals surface area contributed by atoms with Crippen LogP contribution in [0.25, 0.3) is 0 Å². The van der Waals surface area contributed by atoms with E-state index in [1.807, 2.05) is 0 Å². The van der Waals surface area contributed by atoms with Gasteiger partial charge in [0.1, 0.15) is 11.8 Å². The summed E-state index contributed by atoms with van der Waals surface area (Å²) in [6.45, 7) is 2.22. The molecule has 0 spiro atoms. The molecule has 1 amide bonds. The SMILES string of the molecule is CCCCCCCCCCCCC(=O)N[C@H](Cc1ccc(O)cc1)C(=O)O. The highest BCUT2D eigenvalue weighted by Gasteiger charge is 2.20. The van der Waals surface area contributed by atoms with Crippen LogP contribution in [0.3, 0.4) is 0 Å². The quantitative estimate of drug-likeness (QED) is 0.383. The lowest BCUT2D eigenvalue weighted by Crippen LogP contribution is -2.42. The summed E-state index contributed by atoms with van der Waals surface area (Å²) in [6.07, 6.45) is 12.6. The maximum Gasteiger partial charge on any atom is 0.326 e. The Labute approximate surface area is 163 Å². The number of carbonyl (C=O) groups excluding carboxylic acids is 1. The third kappa shape index (κ3) is 11.3. The number of phenolic OH excluding ortho intramolecular Hbond substituents is 1. The second-order valence-electron chi connectivity index (χ2n) is 7.26. The van der Waals surface area contributed by atoms with E-state index < -0.39 is 12.0 Å². The molecule has 0 radical (unpaired) electrons. The molecule has 0 fully saturated rings. The minimum Gasteiger partial charge on any atom is -0.508 e. The number of carboxylic acid groups (broad SMARTS) is 1. The van der Waals surface area contributed by atoms with Crippen LogP contribution >= 0.6 is 0 Å². The summed E-state index contributed by atoms with van der Waals surface area (Å²) in [5.74, 6) is -1.11. The number of nitrogens with one attached hydrogen (secondary N) is 1. The van der Waals surface area contributed by atoms with Gasteiger partial charge in [-0.3, -0.25) is 4.79 Å². The molecule has 0 bridgehead atoms. The van der Waals surface area contributed by atoms with Gasteiger partial charge < -0.3 is 15.5 Å². The molecule has 1 aromatic carbocycles. The topological polar surface area (TPSA) is 86.6 Å². The third-order valence-corrected chi connectivity index (χ3v) is 4.77. The van der Waals surface area contributed by atoms with Crippen LogP contribution in [-0.4, -0.2) is 28.1 Å². The summed E-state index contributed by atoms with van der Waals surface area (Å²) in [4.78, 5) is 23.4. The van der Waals surface area contributed by atoms with Gasteiger partial charge in [-0.2, -0.15) is 0 Å². The second-order valence-corrected chi connectivity index (χ2v) is 7.26. The number of aliphatic carboxylic acids is 1. The standard InChI is InChI=1S/C22H35NO4/c1-2-3-4-5-6-7-8-9-10-11-12-21(25)23-20(22(26)27)17-18-13-15-19(24)16-14-18/h13-16,20,24H,2-12,17H2,1H3,(H,23,25)(H,26,27)/t20-/m1/s1. The smallest absolute Gasteiger partial charge is 0.326 e. The summed E-state index contributed by atoms with van der Waals surface area (Å²) in [7, 11) is 0. The Morgan fingerprint density at radius 2 is 1.41 bits per heavy atom. The minimum atomic E-state index is -1.04. The highest BCUT2D eigenvalue weighted by Crippen LogP contribution is 2.13. The van der Waals surface area contributed by atoms with Gasteiger partial charge in [0.05, 0.1) is 0 Å². The van der Waals surface area contributed by atoms with E-state index in [4.69, 9.17) is 0 Å². The molecule has 0 saturated heterocycles. The van der Waals surface area contributed by atoms with E-state index in [1.165, 1.54) is 57.1 Å². The van der Waals surface area contributed by atoms with E-state index >= 15 is 0 Å². The molecule has 3 N–H and O–H groups in total. The first-order chi connectivity index (χ1) is 13.0. The molecule has 0 aliphatic carbocycles. The molecule has 0 heterocycles. The number of rotatable bonds is 15. The van der Waals surface area contributed by atoms with Gasteiger partial charge in [0.2, 0.25) is 5.91 Å². The monoisotopic (exact) mass is 377 g/mol. The first-order valence-electron chi connectivity index (χ1n) is 10.3. The molecule has 0 aromatic heterocycles. The van der Waals surface area contributed by atoms with Gasteiger partial charge in [-0.25, -0.2) is 4.79 Å². The number of benzene rings is 1. The van der Waals surface area contributed by atoms with Gasteiger partial charge in [0.25, 0.3) is 0 Å². The van der Waals surface area contributed by atoms with Crippen LogP contribution < -0.4 is 5.32 Å². The zero-order valence-corrected chi connectivity index (χ0v) is 16.6. The molecule has 27 heavy (non-hydrogen) atoms. The summed E-state index contributed by atoms with van der Waals surface area (Å²) in [6, 6.07) is 5.42. The molecular formula is C22H35NO4. The Balaban J connectivity index is 2.15. The van der Waals surface area contributed by atoms with Crippen LogP contribution in [0.4, 0.5) is 0 Å². The van der Waals surface area contributed by atoms with Crippen molar-refractivity contribution in [3.05, 3.63) is 29.8 Å². The van der Waals surface area contributed by atoms with Gasteiger partial charge in [0.15, 0.2) is 0 Å². The van der Waals surface area contributed by atoms with Gasteiger partial charge in [0, 0.05) is 12.8 Å². The van der Waals surface area contributed by atoms with Crippen molar-refractivity contribution in [3.8, 4) is 5.75 Å². The zero-order valence-electron chi connectivity index (χ0n) is 16.6. The number of aromatic hydroxyl groups is 1. The average molecular weight is 378 g/mol. The van der Waals surface area contributed by atoms with Crippen molar-refractivity contribution >= 4 is 11.9 Å². The van der Waals surface area contributed by atoms with Gasteiger partial charge in [-0.1, -0.05) is 76.8 Å². The van der Waals surface area contributed by atoms with E-state index in [2.05, 4.69) is 12.2 Å². The number of phenols is 1. The van der Waals surface area contributed by atoms with E-state index in [0.29, 0.717) is 6.42 Å². The normalized spacial score (nSPS) is 11.9. The highest BCUT2D eigenvalue weighted by atomic mass is 16.4. The van der Waals surface area contributed by atoms with Crippen LogP contribution in [0.15, 0.2) is 24.3 Å². The first-order valence-corrected chi connectivity index (χ1v) is 10.3. The molecule has 0 unspecified atom stereocenters. The lowest BCUT2D eigenvalue weighted by Gasteiger charge is -2.14. The van der Waals surface area contributed by atoms with Crippen molar-refractivity contribution < 1.29 is 19.8 Å². The van der Waals surface area contributed by atoms with Crippen molar-refractivity contribution in [2.24, 2.45) is 0 Å². The Kier molecular flexibility index (Phi) is 12.0. The number of amides is 1. The Hall–Kier alpha value is -2.04. The lowest BCUT2D eigenvalue weighted by atomic mass is 10.0. The van der Waals surface area contributed by atoms with E-state index in [0.717, 1.165) is 24.8 Å². The van der Waals surface area contributed by atoms with E-state index in [1.54, 1.807) is 12.1 Å². The summed E-state index contributed by atoms with van der Waals surface area (Å²) < 4.78 is 0. The van der Waals surface area contributed by atoms with Crippen molar-refractivity contribution in [3.63, 3.8) is 0 Å². The molecule has 1 atom stereocenters. The second kappa shape index (κ2) is 14.1. The minimum absolute atomic E-state index is 0.135. The van der Waals surface area contributed by atoms with Gasteiger partial charge in [-0.05, 0) is 24.1 Å². The first kappa shape index (κ1) is 23.0. The van der Waals surface area contributed by atoms with E-state index in [-0.39, 0.29) is 18.1 Å². The number of carboxylic acids is 1. The molecule has 0 aliphatic rings. The summed E-state index contributed by atoms with van der Waals surface area (Å²) in [5, 5.41) is 21.2. The van der Waals surface area contributed by atoms with Crippen LogP contribution in [-0.2, 0) is 16.0 Å². The summed E-state index contributed by atoms with van der Waals surface area (Å²) in [5.41, 5.74) is 0.763. The van der Waals surface area contributed by atoms with Crippen molar-refractivity contribution in [1.29, 1.82) is 0 Å². The zero-order chi connectivity index (χ0) is 19.9. The van der Waals surface area contributed by atoms with Crippen LogP contribution in [0.1, 0.15) is 83.1 Å². The molecule has 1 aromatic rings. The lowest BCUT2D eigenvalue weighted by molar-refractivity contribution is -0.141. The molecule has 5 nitrogen and oxygen atoms in total. The van der Waals surface area contributed by atoms with Gasteiger partial charge in [-0.15, -0.1) is 0 Å². The van der Waals surface area contributed by atoms with Crippen molar-refractivity contribution in [2.45, 2.75) is 90.0 Å². The Morgan fingerprint density at radius 3 is 1.93 bits per heavy atom. The number of carbonyl (C=O) groups is 2. The summed E-state index contributed by atoms with van der Waals surface area (Å²) >= 11 is 0. The predicted molar refractivity (Wildman–Crippen MR) is 108 cm³/mol. The van der Waals surface area contributed by atoms with Crippen LogP contribution in [0, 0.1) is 0 Å². The number of hydrogen-bond acceptors (Lipinski definition) is 3. The maximum atomic E-state index is 12.0. The Bertz CT molecular complexity index is 542. The largest absolute Gasteiger partial charge is 0.508 e. The number of unbranched alkanes of at least 4 members (excludes halogenated alkanes) is 9. The molecule has 1 rings (SSSR count).